The molecule has 1 atom stereocenters. The van der Waals surface area contributed by atoms with E-state index in [9.17, 15) is 9.59 Å². The fourth-order valence-corrected chi connectivity index (χ4v) is 4.05. The molecule has 0 radical (unpaired) electrons. The topological polar surface area (TPSA) is 92.2 Å². The first kappa shape index (κ1) is 24.4. The van der Waals surface area contributed by atoms with Crippen LogP contribution >= 0.6 is 11.6 Å². The average Bonchev–Trinajstić information content (AvgIpc) is 2.86. The van der Waals surface area contributed by atoms with Crippen molar-refractivity contribution >= 4 is 34.5 Å². The molecule has 4 aromatic rings. The number of amides is 1. The van der Waals surface area contributed by atoms with Gasteiger partial charge in [0, 0.05) is 22.6 Å². The molecular formula is C28H26ClN3O3. The summed E-state index contributed by atoms with van der Waals surface area (Å²) in [7, 11) is 0. The van der Waals surface area contributed by atoms with E-state index in [-0.39, 0.29) is 18.4 Å². The van der Waals surface area contributed by atoms with Crippen molar-refractivity contribution in [2.45, 2.75) is 38.6 Å². The van der Waals surface area contributed by atoms with Crippen LogP contribution in [0.15, 0.2) is 72.8 Å². The maximum atomic E-state index is 12.9. The third kappa shape index (κ3) is 6.22. The number of hydrogen-bond donors (Lipinski definition) is 2. The Hall–Kier alpha value is -3.77. The second kappa shape index (κ2) is 11.1. The lowest BCUT2D eigenvalue weighted by molar-refractivity contribution is -0.137. The Kier molecular flexibility index (Phi) is 7.73. The van der Waals surface area contributed by atoms with E-state index in [0.717, 1.165) is 22.5 Å². The minimum Gasteiger partial charge on any atom is -0.481 e. The van der Waals surface area contributed by atoms with Gasteiger partial charge < -0.3 is 10.4 Å². The number of hydrogen-bond acceptors (Lipinski definition) is 4. The third-order valence-corrected chi connectivity index (χ3v) is 6.07. The summed E-state index contributed by atoms with van der Waals surface area (Å²) in [4.78, 5) is 33.5. The SMILES string of the molecule is C[C@@H](NC(=O)c1ccc2nc(-c3ccc(Cl)cc3)c(CCCCC(=O)O)nc2c1)c1ccccc1. The van der Waals surface area contributed by atoms with E-state index in [1.54, 1.807) is 30.3 Å². The lowest BCUT2D eigenvalue weighted by Gasteiger charge is -2.15. The Bertz CT molecular complexity index is 1340. The minimum absolute atomic E-state index is 0.112. The number of fused-ring (bicyclic) bond motifs is 1. The van der Waals surface area contributed by atoms with Crippen LogP contribution < -0.4 is 5.32 Å². The summed E-state index contributed by atoms with van der Waals surface area (Å²) in [5, 5.41) is 12.6. The maximum absolute atomic E-state index is 12.9. The fourth-order valence-electron chi connectivity index (χ4n) is 3.92. The summed E-state index contributed by atoms with van der Waals surface area (Å²) < 4.78 is 0. The van der Waals surface area contributed by atoms with Gasteiger partial charge >= 0.3 is 5.97 Å². The van der Waals surface area contributed by atoms with Crippen LogP contribution in [0.3, 0.4) is 0 Å². The first-order chi connectivity index (χ1) is 16.9. The zero-order valence-corrected chi connectivity index (χ0v) is 20.1. The Balaban J connectivity index is 1.63. The number of aryl methyl sites for hydroxylation is 1. The van der Waals surface area contributed by atoms with Crippen molar-refractivity contribution < 1.29 is 14.7 Å². The molecule has 6 nitrogen and oxygen atoms in total. The molecular weight excluding hydrogens is 462 g/mol. The third-order valence-electron chi connectivity index (χ3n) is 5.82. The Morgan fingerprint density at radius 1 is 0.943 bits per heavy atom. The summed E-state index contributed by atoms with van der Waals surface area (Å²) in [5.74, 6) is -0.997. The highest BCUT2D eigenvalue weighted by molar-refractivity contribution is 6.30. The molecule has 4 rings (SSSR count). The summed E-state index contributed by atoms with van der Waals surface area (Å²) >= 11 is 6.06. The van der Waals surface area contributed by atoms with Gasteiger partial charge in [-0.05, 0) is 62.1 Å². The Labute approximate surface area is 209 Å². The number of carboxylic acid groups (broad SMARTS) is 1. The largest absolute Gasteiger partial charge is 0.481 e. The van der Waals surface area contributed by atoms with Crippen LogP contribution in [-0.4, -0.2) is 27.0 Å². The molecule has 1 heterocycles. The van der Waals surface area contributed by atoms with Crippen molar-refractivity contribution in [1.82, 2.24) is 15.3 Å². The van der Waals surface area contributed by atoms with Crippen molar-refractivity contribution in [3.05, 3.63) is 94.6 Å². The van der Waals surface area contributed by atoms with E-state index in [4.69, 9.17) is 26.7 Å². The van der Waals surface area contributed by atoms with Crippen molar-refractivity contribution in [3.8, 4) is 11.3 Å². The summed E-state index contributed by atoms with van der Waals surface area (Å²) in [5.41, 5.74) is 5.21. The van der Waals surface area contributed by atoms with Gasteiger partial charge in [-0.25, -0.2) is 9.97 Å². The first-order valence-electron chi connectivity index (χ1n) is 11.5. The summed E-state index contributed by atoms with van der Waals surface area (Å²) in [6, 6.07) is 22.4. The zero-order valence-electron chi connectivity index (χ0n) is 19.4. The molecule has 178 valence electrons. The molecule has 0 saturated carbocycles. The number of nitrogens with zero attached hydrogens (tertiary/aromatic N) is 2. The van der Waals surface area contributed by atoms with Gasteiger partial charge in [-0.15, -0.1) is 0 Å². The zero-order chi connectivity index (χ0) is 24.8. The highest BCUT2D eigenvalue weighted by Gasteiger charge is 2.15. The van der Waals surface area contributed by atoms with E-state index >= 15 is 0 Å². The van der Waals surface area contributed by atoms with Crippen molar-refractivity contribution in [1.29, 1.82) is 0 Å². The molecule has 0 aliphatic heterocycles. The molecule has 0 fully saturated rings. The molecule has 7 heteroatoms. The number of aromatic nitrogens is 2. The summed E-state index contributed by atoms with van der Waals surface area (Å²) in [6.45, 7) is 1.95. The van der Waals surface area contributed by atoms with Crippen molar-refractivity contribution in [2.75, 3.05) is 0 Å². The minimum atomic E-state index is -0.812. The number of benzene rings is 3. The number of carboxylic acids is 1. The lowest BCUT2D eigenvalue weighted by atomic mass is 10.0. The smallest absolute Gasteiger partial charge is 0.303 e. The monoisotopic (exact) mass is 487 g/mol. The number of carbonyl (C=O) groups is 2. The molecule has 35 heavy (non-hydrogen) atoms. The number of aliphatic carboxylic acids is 1. The van der Waals surface area contributed by atoms with Crippen LogP contribution in [0.4, 0.5) is 0 Å². The number of halogens is 1. The number of rotatable bonds is 9. The molecule has 3 aromatic carbocycles. The van der Waals surface area contributed by atoms with E-state index < -0.39 is 5.97 Å². The van der Waals surface area contributed by atoms with Crippen LogP contribution in [0.2, 0.25) is 5.02 Å². The normalized spacial score (nSPS) is 11.8. The molecule has 0 saturated heterocycles. The molecule has 1 amide bonds. The highest BCUT2D eigenvalue weighted by Crippen LogP contribution is 2.27. The van der Waals surface area contributed by atoms with Crippen LogP contribution in [0.25, 0.3) is 22.3 Å². The Morgan fingerprint density at radius 2 is 1.69 bits per heavy atom. The van der Waals surface area contributed by atoms with Crippen molar-refractivity contribution in [3.63, 3.8) is 0 Å². The number of unbranched alkanes of at least 4 members (excludes halogenated alkanes) is 1. The first-order valence-corrected chi connectivity index (χ1v) is 11.9. The standard InChI is InChI=1S/C28H26ClN3O3/c1-18(19-7-3-2-4-8-19)30-28(35)21-13-16-23-25(17-21)31-24(9-5-6-10-26(33)34)27(32-23)20-11-14-22(29)15-12-20/h2-4,7-8,11-18H,5-6,9-10H2,1H3,(H,30,35)(H,33,34)/t18-/m1/s1. The fraction of sp³-hybridized carbons (Fsp3) is 0.214. The molecule has 0 bridgehead atoms. The van der Waals surface area contributed by atoms with E-state index in [1.165, 1.54) is 0 Å². The predicted molar refractivity (Wildman–Crippen MR) is 137 cm³/mol. The second-order valence-corrected chi connectivity index (χ2v) is 8.87. The van der Waals surface area contributed by atoms with Gasteiger partial charge in [0.2, 0.25) is 0 Å². The van der Waals surface area contributed by atoms with Crippen LogP contribution in [0.1, 0.15) is 53.8 Å². The number of nitrogens with one attached hydrogen (secondary N) is 1. The van der Waals surface area contributed by atoms with Gasteiger partial charge in [-0.2, -0.15) is 0 Å². The van der Waals surface area contributed by atoms with E-state index in [2.05, 4.69) is 5.32 Å². The maximum Gasteiger partial charge on any atom is 0.303 e. The van der Waals surface area contributed by atoms with E-state index in [0.29, 0.717) is 40.9 Å². The summed E-state index contributed by atoms with van der Waals surface area (Å²) in [6.07, 6.45) is 1.91. The quantitative estimate of drug-likeness (QED) is 0.273. The van der Waals surface area contributed by atoms with Crippen LogP contribution in [-0.2, 0) is 11.2 Å². The molecule has 2 N–H and O–H groups in total. The molecule has 0 spiro atoms. The number of carbonyl (C=O) groups excluding carboxylic acids is 1. The second-order valence-electron chi connectivity index (χ2n) is 8.44. The molecule has 0 unspecified atom stereocenters. The average molecular weight is 488 g/mol. The van der Waals surface area contributed by atoms with Gasteiger partial charge in [-0.1, -0.05) is 54.1 Å². The molecule has 0 aliphatic carbocycles. The molecule has 1 aromatic heterocycles. The highest BCUT2D eigenvalue weighted by atomic mass is 35.5. The molecule has 0 aliphatic rings. The van der Waals surface area contributed by atoms with Gasteiger partial charge in [0.05, 0.1) is 28.5 Å². The lowest BCUT2D eigenvalue weighted by Crippen LogP contribution is -2.26. The predicted octanol–water partition coefficient (Wildman–Crippen LogP) is 6.24. The van der Waals surface area contributed by atoms with Crippen LogP contribution in [0.5, 0.6) is 0 Å². The van der Waals surface area contributed by atoms with Crippen LogP contribution in [0, 0.1) is 0 Å². The van der Waals surface area contributed by atoms with Gasteiger partial charge in [0.15, 0.2) is 0 Å². The Morgan fingerprint density at radius 3 is 2.40 bits per heavy atom. The van der Waals surface area contributed by atoms with Gasteiger partial charge in [0.1, 0.15) is 0 Å². The van der Waals surface area contributed by atoms with Crippen molar-refractivity contribution in [2.24, 2.45) is 0 Å². The van der Waals surface area contributed by atoms with Gasteiger partial charge in [-0.3, -0.25) is 9.59 Å². The van der Waals surface area contributed by atoms with Gasteiger partial charge in [0.25, 0.3) is 5.91 Å². The van der Waals surface area contributed by atoms with E-state index in [1.807, 2.05) is 49.4 Å².